The molecular formula is C14H22N4O. The van der Waals surface area contributed by atoms with Crippen LogP contribution in [0.15, 0.2) is 12.3 Å². The highest BCUT2D eigenvalue weighted by molar-refractivity contribution is 5.40. The fraction of sp³-hybridized carbons (Fsp3) is 0.714. The summed E-state index contributed by atoms with van der Waals surface area (Å²) in [7, 11) is 0. The maximum Gasteiger partial charge on any atom is 0.224 e. The molecule has 0 radical (unpaired) electrons. The van der Waals surface area contributed by atoms with Crippen molar-refractivity contribution in [2.24, 2.45) is 0 Å². The summed E-state index contributed by atoms with van der Waals surface area (Å²) in [5.41, 5.74) is 0. The van der Waals surface area contributed by atoms with Crippen molar-refractivity contribution in [3.63, 3.8) is 0 Å². The molecule has 104 valence electrons. The van der Waals surface area contributed by atoms with Gasteiger partial charge in [0, 0.05) is 25.4 Å². The molecule has 1 atom stereocenters. The molecule has 2 aliphatic rings. The predicted molar refractivity (Wildman–Crippen MR) is 75.4 cm³/mol. The van der Waals surface area contributed by atoms with E-state index in [4.69, 9.17) is 4.74 Å². The van der Waals surface area contributed by atoms with Gasteiger partial charge in [-0.2, -0.15) is 4.98 Å². The van der Waals surface area contributed by atoms with Crippen LogP contribution in [-0.4, -0.2) is 35.3 Å². The van der Waals surface area contributed by atoms with Gasteiger partial charge in [-0.1, -0.05) is 12.8 Å². The van der Waals surface area contributed by atoms with Gasteiger partial charge in [0.05, 0.1) is 6.10 Å². The van der Waals surface area contributed by atoms with Crippen LogP contribution in [0.25, 0.3) is 0 Å². The van der Waals surface area contributed by atoms with Crippen LogP contribution in [0.3, 0.4) is 0 Å². The van der Waals surface area contributed by atoms with Crippen LogP contribution in [0.2, 0.25) is 0 Å². The number of aromatic nitrogens is 2. The highest BCUT2D eigenvalue weighted by atomic mass is 16.5. The molecule has 1 aliphatic carbocycles. The Bertz CT molecular complexity index is 400. The van der Waals surface area contributed by atoms with Gasteiger partial charge in [-0.05, 0) is 31.7 Å². The average molecular weight is 262 g/mol. The van der Waals surface area contributed by atoms with Gasteiger partial charge >= 0.3 is 0 Å². The van der Waals surface area contributed by atoms with Gasteiger partial charge in [0.1, 0.15) is 5.82 Å². The van der Waals surface area contributed by atoms with Crippen molar-refractivity contribution in [3.05, 3.63) is 12.3 Å². The molecule has 2 fully saturated rings. The zero-order chi connectivity index (χ0) is 12.9. The van der Waals surface area contributed by atoms with Crippen LogP contribution in [0.5, 0.6) is 0 Å². The average Bonchev–Trinajstić information content (AvgIpc) is 3.10. The summed E-state index contributed by atoms with van der Waals surface area (Å²) in [6, 6.07) is 2.52. The third-order valence-corrected chi connectivity index (χ3v) is 3.87. The Morgan fingerprint density at radius 3 is 2.89 bits per heavy atom. The number of hydrogen-bond acceptors (Lipinski definition) is 5. The smallest absolute Gasteiger partial charge is 0.224 e. The molecule has 0 aromatic carbocycles. The predicted octanol–water partition coefficient (Wildman–Crippen LogP) is 2.42. The molecule has 5 heteroatoms. The Hall–Kier alpha value is -1.36. The molecule has 1 unspecified atom stereocenters. The van der Waals surface area contributed by atoms with Crippen molar-refractivity contribution in [2.45, 2.75) is 50.7 Å². The van der Waals surface area contributed by atoms with Crippen molar-refractivity contribution >= 4 is 11.8 Å². The van der Waals surface area contributed by atoms with E-state index in [1.807, 2.05) is 12.3 Å². The monoisotopic (exact) mass is 262 g/mol. The molecule has 1 aromatic rings. The molecule has 3 rings (SSSR count). The second kappa shape index (κ2) is 6.19. The van der Waals surface area contributed by atoms with Crippen LogP contribution < -0.4 is 10.6 Å². The minimum absolute atomic E-state index is 0.315. The highest BCUT2D eigenvalue weighted by Crippen LogP contribution is 2.21. The van der Waals surface area contributed by atoms with Crippen molar-refractivity contribution in [3.8, 4) is 0 Å². The largest absolute Gasteiger partial charge is 0.376 e. The van der Waals surface area contributed by atoms with E-state index in [-0.39, 0.29) is 0 Å². The van der Waals surface area contributed by atoms with Crippen LogP contribution in [0.4, 0.5) is 11.8 Å². The standard InChI is InChI=1S/C14H22N4O/c1-2-5-11(4-1)17-13-7-8-15-14(18-13)16-10-12-6-3-9-19-12/h7-8,11-12H,1-6,9-10H2,(H2,15,16,17,18). The highest BCUT2D eigenvalue weighted by Gasteiger charge is 2.16. The van der Waals surface area contributed by atoms with Gasteiger partial charge < -0.3 is 15.4 Å². The fourth-order valence-corrected chi connectivity index (χ4v) is 2.81. The Balaban J connectivity index is 1.52. The van der Waals surface area contributed by atoms with Gasteiger partial charge in [0.15, 0.2) is 0 Å². The molecule has 1 saturated carbocycles. The third-order valence-electron chi connectivity index (χ3n) is 3.87. The maximum atomic E-state index is 5.58. The second-order valence-corrected chi connectivity index (χ2v) is 5.41. The third kappa shape index (κ3) is 3.56. The fourth-order valence-electron chi connectivity index (χ4n) is 2.81. The minimum atomic E-state index is 0.315. The summed E-state index contributed by atoms with van der Waals surface area (Å²) in [6.07, 6.45) is 9.58. The second-order valence-electron chi connectivity index (χ2n) is 5.41. The maximum absolute atomic E-state index is 5.58. The van der Waals surface area contributed by atoms with Crippen LogP contribution in [0, 0.1) is 0 Å². The Morgan fingerprint density at radius 1 is 1.21 bits per heavy atom. The molecule has 1 aromatic heterocycles. The zero-order valence-corrected chi connectivity index (χ0v) is 11.3. The lowest BCUT2D eigenvalue weighted by atomic mass is 10.2. The van der Waals surface area contributed by atoms with E-state index >= 15 is 0 Å². The first-order chi connectivity index (χ1) is 9.40. The first kappa shape index (κ1) is 12.7. The van der Waals surface area contributed by atoms with Crippen LogP contribution >= 0.6 is 0 Å². The summed E-state index contributed by atoms with van der Waals surface area (Å²) in [4.78, 5) is 8.77. The summed E-state index contributed by atoms with van der Waals surface area (Å²) >= 11 is 0. The van der Waals surface area contributed by atoms with Crippen molar-refractivity contribution in [2.75, 3.05) is 23.8 Å². The topological polar surface area (TPSA) is 59.1 Å². The molecule has 2 heterocycles. The lowest BCUT2D eigenvalue weighted by molar-refractivity contribution is 0.120. The number of rotatable bonds is 5. The quantitative estimate of drug-likeness (QED) is 0.853. The van der Waals surface area contributed by atoms with Gasteiger partial charge in [-0.3, -0.25) is 0 Å². The molecule has 1 aliphatic heterocycles. The molecule has 19 heavy (non-hydrogen) atoms. The molecule has 0 bridgehead atoms. The van der Waals surface area contributed by atoms with Crippen molar-refractivity contribution in [1.82, 2.24) is 9.97 Å². The summed E-state index contributed by atoms with van der Waals surface area (Å²) in [5.74, 6) is 1.62. The van der Waals surface area contributed by atoms with Crippen molar-refractivity contribution < 1.29 is 4.74 Å². The summed E-state index contributed by atoms with van der Waals surface area (Å²) < 4.78 is 5.58. The van der Waals surface area contributed by atoms with E-state index in [0.717, 1.165) is 31.8 Å². The molecule has 1 saturated heterocycles. The zero-order valence-electron chi connectivity index (χ0n) is 11.3. The Labute approximate surface area is 114 Å². The SMILES string of the molecule is c1cc(NC2CCCC2)nc(NCC2CCCO2)n1. The lowest BCUT2D eigenvalue weighted by Crippen LogP contribution is -2.20. The van der Waals surface area contributed by atoms with Crippen molar-refractivity contribution in [1.29, 1.82) is 0 Å². The Kier molecular flexibility index (Phi) is 4.13. The molecule has 0 spiro atoms. The number of hydrogen-bond donors (Lipinski definition) is 2. The normalized spacial score (nSPS) is 23.7. The van der Waals surface area contributed by atoms with Gasteiger partial charge in [0.25, 0.3) is 0 Å². The summed E-state index contributed by atoms with van der Waals surface area (Å²) in [5, 5.41) is 6.75. The lowest BCUT2D eigenvalue weighted by Gasteiger charge is -2.14. The molecule has 2 N–H and O–H groups in total. The van der Waals surface area contributed by atoms with E-state index in [0.29, 0.717) is 18.1 Å². The first-order valence-electron chi connectivity index (χ1n) is 7.35. The number of nitrogens with zero attached hydrogens (tertiary/aromatic N) is 2. The number of ether oxygens (including phenoxy) is 1. The van der Waals surface area contributed by atoms with E-state index in [2.05, 4.69) is 20.6 Å². The number of anilines is 2. The van der Waals surface area contributed by atoms with E-state index in [1.54, 1.807) is 0 Å². The molecule has 5 nitrogen and oxygen atoms in total. The number of nitrogens with one attached hydrogen (secondary N) is 2. The summed E-state index contributed by atoms with van der Waals surface area (Å²) in [6.45, 7) is 1.68. The van der Waals surface area contributed by atoms with E-state index in [9.17, 15) is 0 Å². The molecule has 0 amide bonds. The van der Waals surface area contributed by atoms with Gasteiger partial charge in [0.2, 0.25) is 5.95 Å². The minimum Gasteiger partial charge on any atom is -0.376 e. The Morgan fingerprint density at radius 2 is 2.11 bits per heavy atom. The van der Waals surface area contributed by atoms with E-state index < -0.39 is 0 Å². The molecular weight excluding hydrogens is 240 g/mol. The van der Waals surface area contributed by atoms with Crippen LogP contribution in [-0.2, 0) is 4.74 Å². The van der Waals surface area contributed by atoms with E-state index in [1.165, 1.54) is 25.7 Å². The van der Waals surface area contributed by atoms with Gasteiger partial charge in [-0.15, -0.1) is 0 Å². The first-order valence-corrected chi connectivity index (χ1v) is 7.35. The van der Waals surface area contributed by atoms with Crippen LogP contribution in [0.1, 0.15) is 38.5 Å². The van der Waals surface area contributed by atoms with Gasteiger partial charge in [-0.25, -0.2) is 4.98 Å².